The molecule has 4 rings (SSSR count). The van der Waals surface area contributed by atoms with E-state index < -0.39 is 0 Å². The van der Waals surface area contributed by atoms with E-state index in [2.05, 4.69) is 20.5 Å². The van der Waals surface area contributed by atoms with E-state index in [1.54, 1.807) is 7.11 Å². The van der Waals surface area contributed by atoms with Gasteiger partial charge in [-0.2, -0.15) is 0 Å². The predicted molar refractivity (Wildman–Crippen MR) is 109 cm³/mol. The van der Waals surface area contributed by atoms with Crippen molar-refractivity contribution in [1.82, 2.24) is 15.2 Å². The molecule has 0 aliphatic rings. The van der Waals surface area contributed by atoms with Crippen LogP contribution in [-0.4, -0.2) is 34.0 Å². The molecule has 0 radical (unpaired) electrons. The zero-order valence-electron chi connectivity index (χ0n) is 14.9. The molecule has 2 aromatic carbocycles. The first-order valence-electron chi connectivity index (χ1n) is 8.43. The Balaban J connectivity index is 1.30. The highest BCUT2D eigenvalue weighted by atomic mass is 32.2. The maximum atomic E-state index is 12.2. The molecule has 0 spiro atoms. The number of benzene rings is 2. The highest BCUT2D eigenvalue weighted by Crippen LogP contribution is 2.26. The molecule has 7 nitrogen and oxygen atoms in total. The lowest BCUT2D eigenvalue weighted by Crippen LogP contribution is -2.13. The molecule has 0 aliphatic carbocycles. The second kappa shape index (κ2) is 8.41. The fraction of sp³-hybridized carbons (Fsp3) is 0.158. The van der Waals surface area contributed by atoms with E-state index in [-0.39, 0.29) is 11.7 Å². The van der Waals surface area contributed by atoms with E-state index in [0.717, 1.165) is 21.5 Å². The minimum Gasteiger partial charge on any atom is -0.497 e. The number of methoxy groups -OCH3 is 1. The van der Waals surface area contributed by atoms with Crippen LogP contribution in [0.2, 0.25) is 0 Å². The monoisotopic (exact) mass is 412 g/mol. The van der Waals surface area contributed by atoms with Gasteiger partial charge in [0.15, 0.2) is 5.13 Å². The van der Waals surface area contributed by atoms with Gasteiger partial charge in [0.2, 0.25) is 11.8 Å². The Morgan fingerprint density at radius 3 is 2.79 bits per heavy atom. The Hall–Kier alpha value is -2.91. The fourth-order valence-electron chi connectivity index (χ4n) is 2.49. The van der Waals surface area contributed by atoms with Crippen molar-refractivity contribution in [2.24, 2.45) is 0 Å². The molecule has 1 N–H and O–H groups in total. The number of rotatable bonds is 7. The number of ether oxygens (including phenoxy) is 1. The van der Waals surface area contributed by atoms with Crippen LogP contribution < -0.4 is 10.1 Å². The van der Waals surface area contributed by atoms with Crippen LogP contribution in [0.5, 0.6) is 5.75 Å². The van der Waals surface area contributed by atoms with Crippen LogP contribution >= 0.6 is 23.1 Å². The number of nitrogens with one attached hydrogen (secondary N) is 1. The zero-order valence-corrected chi connectivity index (χ0v) is 16.5. The average Bonchev–Trinajstić information content (AvgIpc) is 3.33. The van der Waals surface area contributed by atoms with Gasteiger partial charge in [0.05, 0.1) is 29.5 Å². The van der Waals surface area contributed by atoms with Gasteiger partial charge >= 0.3 is 0 Å². The molecule has 0 bridgehead atoms. The number of nitrogens with zero attached hydrogens (tertiary/aromatic N) is 3. The van der Waals surface area contributed by atoms with Crippen molar-refractivity contribution in [2.75, 3.05) is 18.2 Å². The summed E-state index contributed by atoms with van der Waals surface area (Å²) >= 11 is 2.64. The normalized spacial score (nSPS) is 10.9. The van der Waals surface area contributed by atoms with E-state index in [4.69, 9.17) is 9.15 Å². The Labute approximate surface area is 169 Å². The molecule has 0 saturated carbocycles. The summed E-state index contributed by atoms with van der Waals surface area (Å²) in [4.78, 5) is 16.5. The first-order chi connectivity index (χ1) is 13.7. The molecule has 28 heavy (non-hydrogen) atoms. The van der Waals surface area contributed by atoms with E-state index in [1.165, 1.54) is 23.1 Å². The Kier molecular flexibility index (Phi) is 5.54. The topological polar surface area (TPSA) is 90.1 Å². The second-order valence-electron chi connectivity index (χ2n) is 5.81. The fourth-order valence-corrected chi connectivity index (χ4v) is 3.96. The van der Waals surface area contributed by atoms with Gasteiger partial charge in [-0.1, -0.05) is 47.4 Å². The Bertz CT molecular complexity index is 1060. The van der Waals surface area contributed by atoms with Crippen molar-refractivity contribution < 1.29 is 13.9 Å². The highest BCUT2D eigenvalue weighted by molar-refractivity contribution is 7.99. The van der Waals surface area contributed by atoms with E-state index >= 15 is 0 Å². The number of amides is 1. The van der Waals surface area contributed by atoms with Crippen molar-refractivity contribution in [3.63, 3.8) is 0 Å². The average molecular weight is 412 g/mol. The number of anilines is 1. The van der Waals surface area contributed by atoms with E-state index in [9.17, 15) is 4.79 Å². The summed E-state index contributed by atoms with van der Waals surface area (Å²) in [5, 5.41) is 11.8. The lowest BCUT2D eigenvalue weighted by molar-refractivity contribution is -0.113. The van der Waals surface area contributed by atoms with Gasteiger partial charge in [0.25, 0.3) is 5.22 Å². The molecule has 142 valence electrons. The number of para-hydroxylation sites is 1. The number of carbonyl (C=O) groups excluding carboxylic acids is 1. The summed E-state index contributed by atoms with van der Waals surface area (Å²) in [6.07, 6.45) is 0.523. The molecule has 0 atom stereocenters. The molecule has 0 fully saturated rings. The van der Waals surface area contributed by atoms with Crippen molar-refractivity contribution in [2.45, 2.75) is 11.6 Å². The van der Waals surface area contributed by atoms with E-state index in [1.807, 2.05) is 48.5 Å². The minimum atomic E-state index is -0.168. The standard InChI is InChI=1S/C19H16N4O3S2/c1-25-13-8-6-12(7-9-13)10-17-22-23-19(26-17)27-11-16(24)21-18-20-14-4-2-3-5-15(14)28-18/h2-9H,10-11H2,1H3,(H,20,21,24). The van der Waals surface area contributed by atoms with Crippen molar-refractivity contribution in [1.29, 1.82) is 0 Å². The van der Waals surface area contributed by atoms with Crippen LogP contribution in [0.25, 0.3) is 10.2 Å². The van der Waals surface area contributed by atoms with Crippen molar-refractivity contribution in [3.8, 4) is 5.75 Å². The summed E-state index contributed by atoms with van der Waals surface area (Å²) in [5.74, 6) is 1.29. The van der Waals surface area contributed by atoms with Crippen LogP contribution in [0.4, 0.5) is 5.13 Å². The van der Waals surface area contributed by atoms with Gasteiger partial charge < -0.3 is 14.5 Å². The smallest absolute Gasteiger partial charge is 0.277 e. The third-order valence-corrected chi connectivity index (χ3v) is 5.60. The summed E-state index contributed by atoms with van der Waals surface area (Å²) in [5.41, 5.74) is 1.91. The lowest BCUT2D eigenvalue weighted by atomic mass is 10.1. The number of thiazole rings is 1. The predicted octanol–water partition coefficient (Wildman–Crippen LogP) is 4.01. The number of fused-ring (bicyclic) bond motifs is 1. The largest absolute Gasteiger partial charge is 0.497 e. The van der Waals surface area contributed by atoms with Crippen molar-refractivity contribution >= 4 is 44.4 Å². The summed E-state index contributed by atoms with van der Waals surface area (Å²) in [6.45, 7) is 0. The Morgan fingerprint density at radius 1 is 1.18 bits per heavy atom. The first kappa shape index (κ1) is 18.5. The molecular formula is C19H16N4O3S2. The van der Waals surface area contributed by atoms with Crippen LogP contribution in [0.3, 0.4) is 0 Å². The quantitative estimate of drug-likeness (QED) is 0.459. The minimum absolute atomic E-state index is 0.167. The van der Waals surface area contributed by atoms with Gasteiger partial charge in [-0.15, -0.1) is 10.2 Å². The second-order valence-corrected chi connectivity index (χ2v) is 7.77. The van der Waals surface area contributed by atoms with Crippen molar-refractivity contribution in [3.05, 3.63) is 60.0 Å². The molecule has 2 heterocycles. The van der Waals surface area contributed by atoms with Gasteiger partial charge in [-0.25, -0.2) is 4.98 Å². The summed E-state index contributed by atoms with van der Waals surface area (Å²) < 4.78 is 11.8. The van der Waals surface area contributed by atoms with Crippen LogP contribution in [0, 0.1) is 0 Å². The van der Waals surface area contributed by atoms with E-state index in [0.29, 0.717) is 22.7 Å². The third kappa shape index (κ3) is 4.49. The van der Waals surface area contributed by atoms with Crippen LogP contribution in [0.15, 0.2) is 58.2 Å². The molecule has 0 unspecified atom stereocenters. The molecule has 4 aromatic rings. The molecule has 2 aromatic heterocycles. The number of hydrogen-bond acceptors (Lipinski definition) is 8. The van der Waals surface area contributed by atoms with Gasteiger partial charge in [-0.3, -0.25) is 4.79 Å². The molecular weight excluding hydrogens is 396 g/mol. The third-order valence-electron chi connectivity index (χ3n) is 3.83. The number of thioether (sulfide) groups is 1. The molecule has 0 aliphatic heterocycles. The van der Waals surface area contributed by atoms with Crippen LogP contribution in [0.1, 0.15) is 11.5 Å². The number of carbonyl (C=O) groups is 1. The summed E-state index contributed by atoms with van der Waals surface area (Å²) in [6, 6.07) is 15.4. The molecule has 9 heteroatoms. The molecule has 1 amide bonds. The number of hydrogen-bond donors (Lipinski definition) is 1. The number of aromatic nitrogens is 3. The lowest BCUT2D eigenvalue weighted by Gasteiger charge is -2.00. The van der Waals surface area contributed by atoms with Gasteiger partial charge in [0, 0.05) is 0 Å². The maximum Gasteiger partial charge on any atom is 0.277 e. The van der Waals surface area contributed by atoms with Gasteiger partial charge in [0.1, 0.15) is 5.75 Å². The van der Waals surface area contributed by atoms with Gasteiger partial charge in [-0.05, 0) is 29.8 Å². The van der Waals surface area contributed by atoms with Crippen LogP contribution in [-0.2, 0) is 11.2 Å². The summed E-state index contributed by atoms with van der Waals surface area (Å²) in [7, 11) is 1.63. The SMILES string of the molecule is COc1ccc(Cc2nnc(SCC(=O)Nc3nc4ccccc4s3)o2)cc1. The Morgan fingerprint density at radius 2 is 2.00 bits per heavy atom. The zero-order chi connectivity index (χ0) is 19.3. The molecule has 0 saturated heterocycles. The first-order valence-corrected chi connectivity index (χ1v) is 10.2. The maximum absolute atomic E-state index is 12.2. The highest BCUT2D eigenvalue weighted by Gasteiger charge is 2.12.